The van der Waals surface area contributed by atoms with Crippen molar-refractivity contribution in [1.82, 2.24) is 0 Å². The monoisotopic (exact) mass is 409 g/mol. The molecule has 2 aromatic rings. The van der Waals surface area contributed by atoms with E-state index in [1.807, 2.05) is 30.3 Å². The van der Waals surface area contributed by atoms with Crippen molar-refractivity contribution in [3.05, 3.63) is 53.6 Å². The zero-order chi connectivity index (χ0) is 20.0. The van der Waals surface area contributed by atoms with Crippen LogP contribution >= 0.6 is 12.4 Å². The summed E-state index contributed by atoms with van der Waals surface area (Å²) in [5.74, 6) is 1.16. The van der Waals surface area contributed by atoms with Crippen molar-refractivity contribution in [3.8, 4) is 17.2 Å². The third-order valence-corrected chi connectivity index (χ3v) is 4.58. The van der Waals surface area contributed by atoms with E-state index in [1.54, 1.807) is 40.2 Å². The van der Waals surface area contributed by atoms with Crippen LogP contribution in [0.25, 0.3) is 0 Å². The molecule has 0 aliphatic carbocycles. The number of methoxy groups -OCH3 is 3. The molecule has 0 aliphatic heterocycles. The summed E-state index contributed by atoms with van der Waals surface area (Å²) in [6, 6.07) is 12.6. The number of esters is 1. The number of carbonyl (C=O) groups excluding carboxylic acids is 1. The van der Waals surface area contributed by atoms with Gasteiger partial charge in [0.05, 0.1) is 26.7 Å². The molecule has 2 N–H and O–H groups in total. The van der Waals surface area contributed by atoms with E-state index in [1.165, 1.54) is 7.11 Å². The van der Waals surface area contributed by atoms with Gasteiger partial charge in [-0.15, -0.1) is 12.4 Å². The van der Waals surface area contributed by atoms with Crippen molar-refractivity contribution < 1.29 is 23.7 Å². The van der Waals surface area contributed by atoms with E-state index in [4.69, 9.17) is 24.7 Å². The van der Waals surface area contributed by atoms with Gasteiger partial charge in [-0.1, -0.05) is 30.3 Å². The van der Waals surface area contributed by atoms with Crippen LogP contribution < -0.4 is 19.9 Å². The minimum atomic E-state index is -0.959. The van der Waals surface area contributed by atoms with Gasteiger partial charge in [0, 0.05) is 17.7 Å². The van der Waals surface area contributed by atoms with Crippen LogP contribution in [0.2, 0.25) is 0 Å². The number of carbonyl (C=O) groups is 1. The Hall–Kier alpha value is -2.44. The summed E-state index contributed by atoms with van der Waals surface area (Å²) in [5.41, 5.74) is 7.15. The van der Waals surface area contributed by atoms with E-state index in [2.05, 4.69) is 0 Å². The number of nitrogens with two attached hydrogens (primary N) is 1. The molecule has 0 saturated heterocycles. The van der Waals surface area contributed by atoms with Gasteiger partial charge < -0.3 is 24.7 Å². The van der Waals surface area contributed by atoms with Crippen LogP contribution in [0, 0.1) is 5.41 Å². The Morgan fingerprint density at radius 2 is 1.57 bits per heavy atom. The first-order valence-corrected chi connectivity index (χ1v) is 8.61. The fraction of sp³-hybridized carbons (Fsp3) is 0.381. The van der Waals surface area contributed by atoms with Crippen molar-refractivity contribution >= 4 is 18.4 Å². The van der Waals surface area contributed by atoms with E-state index in [9.17, 15) is 4.79 Å². The molecule has 0 heterocycles. The van der Waals surface area contributed by atoms with Gasteiger partial charge in [-0.2, -0.15) is 0 Å². The molecule has 2 rings (SSSR count). The van der Waals surface area contributed by atoms with Gasteiger partial charge in [-0.05, 0) is 25.5 Å². The zero-order valence-electron chi connectivity index (χ0n) is 16.9. The molecule has 0 aromatic heterocycles. The van der Waals surface area contributed by atoms with Gasteiger partial charge in [0.25, 0.3) is 0 Å². The molecule has 0 spiro atoms. The van der Waals surface area contributed by atoms with Crippen LogP contribution in [0.5, 0.6) is 17.2 Å². The van der Waals surface area contributed by atoms with Crippen LogP contribution in [0.1, 0.15) is 31.0 Å². The summed E-state index contributed by atoms with van der Waals surface area (Å²) in [5, 5.41) is 0. The molecule has 0 aliphatic rings. The van der Waals surface area contributed by atoms with Gasteiger partial charge in [-0.3, -0.25) is 4.79 Å². The molecule has 1 atom stereocenters. The highest BCUT2D eigenvalue weighted by atomic mass is 35.5. The lowest BCUT2D eigenvalue weighted by atomic mass is 9.80. The minimum absolute atomic E-state index is 0. The number of benzene rings is 2. The fourth-order valence-corrected chi connectivity index (χ4v) is 2.76. The van der Waals surface area contributed by atoms with E-state index < -0.39 is 17.4 Å². The average molecular weight is 410 g/mol. The quantitative estimate of drug-likeness (QED) is 0.666. The molecule has 154 valence electrons. The van der Waals surface area contributed by atoms with Gasteiger partial charge in [-0.25, -0.2) is 0 Å². The third-order valence-electron chi connectivity index (χ3n) is 4.58. The number of halogens is 1. The van der Waals surface area contributed by atoms with Gasteiger partial charge in [0.15, 0.2) is 11.5 Å². The molecule has 6 nitrogen and oxygen atoms in total. The first-order chi connectivity index (χ1) is 12.8. The van der Waals surface area contributed by atoms with Crippen molar-refractivity contribution in [3.63, 3.8) is 0 Å². The molecular formula is C21H28ClNO5. The molecule has 0 radical (unpaired) electrons. The summed E-state index contributed by atoms with van der Waals surface area (Å²) < 4.78 is 21.7. The second-order valence-corrected chi connectivity index (χ2v) is 6.71. The van der Waals surface area contributed by atoms with Crippen LogP contribution in [0.3, 0.4) is 0 Å². The van der Waals surface area contributed by atoms with Crippen molar-refractivity contribution in [2.24, 2.45) is 11.1 Å². The number of ether oxygens (including phenoxy) is 4. The first-order valence-electron chi connectivity index (χ1n) is 8.61. The summed E-state index contributed by atoms with van der Waals surface area (Å²) >= 11 is 0. The van der Waals surface area contributed by atoms with E-state index in [-0.39, 0.29) is 12.4 Å². The first kappa shape index (κ1) is 23.6. The zero-order valence-corrected chi connectivity index (χ0v) is 17.7. The van der Waals surface area contributed by atoms with Crippen LogP contribution in [-0.2, 0) is 16.1 Å². The van der Waals surface area contributed by atoms with Crippen LogP contribution in [-0.4, -0.2) is 27.3 Å². The number of rotatable bonds is 8. The van der Waals surface area contributed by atoms with Crippen molar-refractivity contribution in [2.75, 3.05) is 21.3 Å². The molecule has 0 amide bonds. The Morgan fingerprint density at radius 1 is 1.00 bits per heavy atom. The van der Waals surface area contributed by atoms with Gasteiger partial charge in [0.1, 0.15) is 12.4 Å². The molecule has 2 aromatic carbocycles. The summed E-state index contributed by atoms with van der Waals surface area (Å²) in [6.45, 7) is 3.83. The normalized spacial score (nSPS) is 11.8. The van der Waals surface area contributed by atoms with Crippen molar-refractivity contribution in [2.45, 2.75) is 26.5 Å². The van der Waals surface area contributed by atoms with Gasteiger partial charge in [0.2, 0.25) is 0 Å². The predicted molar refractivity (Wildman–Crippen MR) is 110 cm³/mol. The Labute approximate surface area is 172 Å². The second kappa shape index (κ2) is 10.2. The molecule has 0 fully saturated rings. The minimum Gasteiger partial charge on any atom is -0.493 e. The number of hydrogen-bond donors (Lipinski definition) is 1. The predicted octanol–water partition coefficient (Wildman–Crippen LogP) is 3.90. The highest BCUT2D eigenvalue weighted by Gasteiger charge is 2.38. The highest BCUT2D eigenvalue weighted by molar-refractivity contribution is 5.85. The number of hydrogen-bond acceptors (Lipinski definition) is 6. The van der Waals surface area contributed by atoms with Crippen LogP contribution in [0.4, 0.5) is 0 Å². The summed E-state index contributed by atoms with van der Waals surface area (Å²) in [4.78, 5) is 12.2. The third kappa shape index (κ3) is 5.09. The average Bonchev–Trinajstić information content (AvgIpc) is 2.70. The molecule has 28 heavy (non-hydrogen) atoms. The topological polar surface area (TPSA) is 80.0 Å². The Bertz CT molecular complexity index is 780. The maximum atomic E-state index is 12.2. The summed E-state index contributed by atoms with van der Waals surface area (Å²) in [7, 11) is 4.44. The van der Waals surface area contributed by atoms with Crippen molar-refractivity contribution in [1.29, 1.82) is 0 Å². The Balaban J connectivity index is 0.00000392. The standard InChI is InChI=1S/C21H27NO5.ClH/c1-21(2,20(23)26-5)19(22)15-11-17(24-3)18(25-4)12-16(15)27-13-14-9-7-6-8-10-14;/h6-12,19H,13,22H2,1-5H3;1H/t19-;/m1./s1. The van der Waals surface area contributed by atoms with E-state index in [0.29, 0.717) is 29.4 Å². The summed E-state index contributed by atoms with van der Waals surface area (Å²) in [6.07, 6.45) is 0. The van der Waals surface area contributed by atoms with Crippen LogP contribution in [0.15, 0.2) is 42.5 Å². The molecule has 0 saturated carbocycles. The lowest BCUT2D eigenvalue weighted by Crippen LogP contribution is -2.37. The van der Waals surface area contributed by atoms with E-state index >= 15 is 0 Å². The Morgan fingerprint density at radius 3 is 2.11 bits per heavy atom. The lowest BCUT2D eigenvalue weighted by molar-refractivity contribution is -0.152. The SMILES string of the molecule is COC(=O)C(C)(C)[C@H](N)c1cc(OC)c(OC)cc1OCc1ccccc1.Cl. The molecule has 0 bridgehead atoms. The smallest absolute Gasteiger partial charge is 0.313 e. The maximum absolute atomic E-state index is 12.2. The molecule has 0 unspecified atom stereocenters. The Kier molecular flexibility index (Phi) is 8.60. The molecular weight excluding hydrogens is 382 g/mol. The van der Waals surface area contributed by atoms with E-state index in [0.717, 1.165) is 5.56 Å². The maximum Gasteiger partial charge on any atom is 0.313 e. The van der Waals surface area contributed by atoms with Gasteiger partial charge >= 0.3 is 5.97 Å². The molecule has 7 heteroatoms. The largest absolute Gasteiger partial charge is 0.493 e. The second-order valence-electron chi connectivity index (χ2n) is 6.71. The lowest BCUT2D eigenvalue weighted by Gasteiger charge is -2.30. The highest BCUT2D eigenvalue weighted by Crippen LogP contribution is 2.42. The fourth-order valence-electron chi connectivity index (χ4n) is 2.76.